The van der Waals surface area contributed by atoms with E-state index >= 15 is 0 Å². The molecule has 3 fully saturated rings. The van der Waals surface area contributed by atoms with E-state index < -0.39 is 71.6 Å². The number of rotatable bonds is 7. The number of imide groups is 1. The molecule has 20 heteroatoms. The van der Waals surface area contributed by atoms with Crippen LogP contribution in [-0.4, -0.2) is 85.7 Å². The van der Waals surface area contributed by atoms with Crippen LogP contribution in [0.25, 0.3) is 21.9 Å². The third-order valence-electron chi connectivity index (χ3n) is 11.5. The summed E-state index contributed by atoms with van der Waals surface area (Å²) in [5, 5.41) is 9.54. The van der Waals surface area contributed by atoms with Gasteiger partial charge in [-0.3, -0.25) is 33.5 Å². The normalized spacial score (nSPS) is 20.0. The highest BCUT2D eigenvalue weighted by Crippen LogP contribution is 2.37. The Morgan fingerprint density at radius 2 is 1.70 bits per heavy atom. The monoisotopic (exact) mass is 859 g/mol. The van der Waals surface area contributed by atoms with E-state index in [0.29, 0.717) is 34.2 Å². The molecule has 2 aliphatic heterocycles. The maximum absolute atomic E-state index is 14.8. The first-order valence-electron chi connectivity index (χ1n) is 19.8. The second-order valence-corrected chi connectivity index (χ2v) is 15.8. The lowest BCUT2D eigenvalue weighted by Gasteiger charge is -2.42. The molecular formula is C41H44F7N9O4. The summed E-state index contributed by atoms with van der Waals surface area (Å²) in [6.45, 7) is -0.0257. The maximum atomic E-state index is 14.8. The molecule has 3 aliphatic rings. The molecule has 1 aliphatic carbocycles. The van der Waals surface area contributed by atoms with Gasteiger partial charge in [-0.15, -0.1) is 0 Å². The number of para-hydroxylation sites is 1. The summed E-state index contributed by atoms with van der Waals surface area (Å²) < 4.78 is 99.9. The zero-order valence-corrected chi connectivity index (χ0v) is 33.5. The average molecular weight is 860 g/mol. The number of imidazole rings is 1. The molecule has 13 nitrogen and oxygen atoms in total. The number of pyridine rings is 1. The molecule has 0 spiro atoms. The number of carbonyl (C=O) groups is 3. The van der Waals surface area contributed by atoms with Crippen molar-refractivity contribution < 1.29 is 45.1 Å². The van der Waals surface area contributed by atoms with Gasteiger partial charge >= 0.3 is 11.9 Å². The molecule has 3 aromatic heterocycles. The predicted molar refractivity (Wildman–Crippen MR) is 212 cm³/mol. The van der Waals surface area contributed by atoms with Crippen LogP contribution in [0.15, 0.2) is 59.5 Å². The van der Waals surface area contributed by atoms with Crippen LogP contribution in [0.3, 0.4) is 0 Å². The van der Waals surface area contributed by atoms with Gasteiger partial charge in [-0.2, -0.15) is 18.3 Å². The molecule has 61 heavy (non-hydrogen) atoms. The highest BCUT2D eigenvalue weighted by atomic mass is 19.4. The fourth-order valence-corrected chi connectivity index (χ4v) is 8.51. The van der Waals surface area contributed by atoms with Gasteiger partial charge in [0.1, 0.15) is 17.4 Å². The Labute approximate surface area is 344 Å². The largest absolute Gasteiger partial charge is 0.433 e. The quantitative estimate of drug-likeness (QED) is 0.129. The first-order chi connectivity index (χ1) is 28.8. The number of nitrogens with zero attached hydrogens (tertiary/aromatic N) is 7. The first kappa shape index (κ1) is 43.3. The number of benzene rings is 2. The number of alkyl halides is 7. The summed E-state index contributed by atoms with van der Waals surface area (Å²) in [5.74, 6) is -4.80. The number of aryl methyl sites for hydroxylation is 1. The summed E-state index contributed by atoms with van der Waals surface area (Å²) >= 11 is 0. The van der Waals surface area contributed by atoms with E-state index in [0.717, 1.165) is 50.3 Å². The van der Waals surface area contributed by atoms with Gasteiger partial charge in [0.15, 0.2) is 0 Å². The summed E-state index contributed by atoms with van der Waals surface area (Å²) in [4.78, 5) is 55.8. The lowest BCUT2D eigenvalue weighted by Crippen LogP contribution is -2.56. The van der Waals surface area contributed by atoms with Crippen molar-refractivity contribution in [3.63, 3.8) is 0 Å². The van der Waals surface area contributed by atoms with Crippen LogP contribution < -0.4 is 21.2 Å². The van der Waals surface area contributed by atoms with Gasteiger partial charge in [-0.05, 0) is 76.2 Å². The molecule has 0 radical (unpaired) electrons. The molecule has 8 rings (SSSR count). The van der Waals surface area contributed by atoms with Gasteiger partial charge in [-0.25, -0.2) is 27.3 Å². The van der Waals surface area contributed by atoms with Crippen molar-refractivity contribution in [3.8, 4) is 0 Å². The fraction of sp³-hybridized carbons (Fsp3) is 0.463. The van der Waals surface area contributed by atoms with E-state index in [9.17, 15) is 49.9 Å². The number of piperidine rings is 2. The number of hydrogen-bond donors (Lipinski definition) is 2. The van der Waals surface area contributed by atoms with Gasteiger partial charge in [-0.1, -0.05) is 31.4 Å². The number of hydrogen-bond acceptors (Lipinski definition) is 8. The second kappa shape index (κ2) is 16.9. The summed E-state index contributed by atoms with van der Waals surface area (Å²) in [6.07, 6.45) is 0.00224. The highest BCUT2D eigenvalue weighted by Gasteiger charge is 2.46. The highest BCUT2D eigenvalue weighted by molar-refractivity contribution is 6.04. The van der Waals surface area contributed by atoms with Crippen molar-refractivity contribution in [2.75, 3.05) is 37.4 Å². The average Bonchev–Trinajstić information content (AvgIpc) is 3.74. The maximum Gasteiger partial charge on any atom is 0.433 e. The second-order valence-electron chi connectivity index (χ2n) is 15.8. The SMILES string of the molecule is CN(C)C1CCN(c2cccc3c2n(C)c(=O)n3C2CCC(=O)NC2=O)CC1(F)F.O=C(Nc1cc2cn(C3CCCCC3)nc2cc1C(F)F)c1cccc(C(F)(F)F)n1. The van der Waals surface area contributed by atoms with Crippen molar-refractivity contribution >= 4 is 51.0 Å². The zero-order valence-electron chi connectivity index (χ0n) is 33.5. The smallest absolute Gasteiger partial charge is 0.364 e. The zero-order chi connectivity index (χ0) is 44.0. The Bertz CT molecular complexity index is 2520. The minimum absolute atomic E-state index is 0.142. The van der Waals surface area contributed by atoms with Crippen molar-refractivity contribution in [2.45, 2.75) is 88.0 Å². The third-order valence-corrected chi connectivity index (χ3v) is 11.5. The van der Waals surface area contributed by atoms with Gasteiger partial charge in [0.25, 0.3) is 18.3 Å². The first-order valence-corrected chi connectivity index (χ1v) is 19.8. The summed E-state index contributed by atoms with van der Waals surface area (Å²) in [5.41, 5.74) is -0.907. The Kier molecular flexibility index (Phi) is 12.0. The van der Waals surface area contributed by atoms with Crippen LogP contribution in [0, 0.1) is 0 Å². The lowest BCUT2D eigenvalue weighted by atomic mass is 9.96. The minimum atomic E-state index is -4.73. The number of nitrogens with one attached hydrogen (secondary N) is 2. The number of halogens is 7. The Morgan fingerprint density at radius 3 is 2.36 bits per heavy atom. The Morgan fingerprint density at radius 1 is 0.984 bits per heavy atom. The number of anilines is 2. The number of aromatic nitrogens is 5. The van der Waals surface area contributed by atoms with E-state index in [4.69, 9.17) is 0 Å². The van der Waals surface area contributed by atoms with E-state index in [1.54, 1.807) is 60.0 Å². The van der Waals surface area contributed by atoms with Gasteiger partial charge in [0.2, 0.25) is 11.8 Å². The third kappa shape index (κ3) is 8.85. The molecule has 2 N–H and O–H groups in total. The van der Waals surface area contributed by atoms with E-state index in [-0.39, 0.29) is 36.9 Å². The minimum Gasteiger partial charge on any atom is -0.364 e. The Balaban J connectivity index is 0.000000184. The van der Waals surface area contributed by atoms with Crippen LogP contribution in [0.1, 0.15) is 91.6 Å². The summed E-state index contributed by atoms with van der Waals surface area (Å²) in [7, 11) is 4.87. The standard InChI is InChI=1S/C21H19F5N4O.C20H25F2N5O3/c22-19(23)14-10-16-12(11-30(29-16)13-5-2-1-3-6-13)9-17(14)28-20(31)15-7-4-8-18(27-15)21(24,25)26;1-24(2)15-9-10-26(11-20(15,21)22)12-5-4-6-13-17(12)25(3)19(30)27(13)14-7-8-16(28)23-18(14)29/h4,7-11,13,19H,1-3,5-6H2,(H,28,31);4-6,14-15H,7-11H2,1-3H3,(H,23,28,29). The molecule has 1 saturated carbocycles. The van der Waals surface area contributed by atoms with E-state index in [2.05, 4.69) is 20.7 Å². The van der Waals surface area contributed by atoms with E-state index in [1.165, 1.54) is 21.3 Å². The van der Waals surface area contributed by atoms with Crippen LogP contribution in [0.4, 0.5) is 42.1 Å². The van der Waals surface area contributed by atoms with Crippen molar-refractivity contribution in [1.82, 2.24) is 34.1 Å². The topological polar surface area (TPSA) is 139 Å². The molecule has 326 valence electrons. The molecule has 2 atom stereocenters. The van der Waals surface area contributed by atoms with Crippen molar-refractivity contribution in [3.05, 3.63) is 82.2 Å². The van der Waals surface area contributed by atoms with Gasteiger partial charge < -0.3 is 15.1 Å². The van der Waals surface area contributed by atoms with Crippen molar-refractivity contribution in [2.24, 2.45) is 7.05 Å². The van der Waals surface area contributed by atoms with Crippen LogP contribution in [0.5, 0.6) is 0 Å². The molecular weight excluding hydrogens is 815 g/mol. The molecule has 0 bridgehead atoms. The lowest BCUT2D eigenvalue weighted by molar-refractivity contribution is -0.141. The predicted octanol–water partition coefficient (Wildman–Crippen LogP) is 7.24. The van der Waals surface area contributed by atoms with Crippen molar-refractivity contribution in [1.29, 1.82) is 0 Å². The molecule has 3 amide bonds. The molecule has 5 aromatic rings. The van der Waals surface area contributed by atoms with Gasteiger partial charge in [0, 0.05) is 37.2 Å². The molecule has 2 aromatic carbocycles. The fourth-order valence-electron chi connectivity index (χ4n) is 8.51. The van der Waals surface area contributed by atoms with Crippen LogP contribution in [-0.2, 0) is 22.8 Å². The van der Waals surface area contributed by atoms with E-state index in [1.807, 2.05) is 0 Å². The molecule has 5 heterocycles. The number of fused-ring (bicyclic) bond motifs is 2. The number of amides is 3. The number of carbonyl (C=O) groups excluding carboxylic acids is 3. The molecule has 2 saturated heterocycles. The van der Waals surface area contributed by atoms with Crippen LogP contribution >= 0.6 is 0 Å². The summed E-state index contributed by atoms with van der Waals surface area (Å²) in [6, 6.07) is 9.11. The van der Waals surface area contributed by atoms with Gasteiger partial charge in [0.05, 0.1) is 46.6 Å². The molecule has 2 unspecified atom stereocenters. The van der Waals surface area contributed by atoms with Crippen LogP contribution in [0.2, 0.25) is 0 Å². The Hall–Kier alpha value is -5.79.